The molecular weight excluding hydrogens is 456 g/mol. The van der Waals surface area contributed by atoms with E-state index in [9.17, 15) is 35.7 Å². The van der Waals surface area contributed by atoms with Gasteiger partial charge in [0.1, 0.15) is 24.4 Å². The zero-order valence-corrected chi connectivity index (χ0v) is 21.1. The lowest BCUT2D eigenvalue weighted by atomic mass is 9.44. The Morgan fingerprint density at radius 3 is 2.40 bits per heavy atom. The van der Waals surface area contributed by atoms with Crippen molar-refractivity contribution in [3.05, 3.63) is 11.6 Å². The predicted molar refractivity (Wildman–Crippen MR) is 126 cm³/mol. The first-order chi connectivity index (χ1) is 16.4. The van der Waals surface area contributed by atoms with Gasteiger partial charge in [-0.1, -0.05) is 32.4 Å². The lowest BCUT2D eigenvalue weighted by Gasteiger charge is -2.61. The highest BCUT2D eigenvalue weighted by atomic mass is 16.7. The molecule has 3 fully saturated rings. The van der Waals surface area contributed by atoms with E-state index in [1.54, 1.807) is 0 Å². The minimum atomic E-state index is -1.49. The van der Waals surface area contributed by atoms with Crippen LogP contribution in [0, 0.1) is 28.1 Å². The number of aliphatic hydroxyl groups excluding tert-OH is 7. The van der Waals surface area contributed by atoms with Crippen LogP contribution in [0.2, 0.25) is 0 Å². The van der Waals surface area contributed by atoms with E-state index in [4.69, 9.17) is 9.47 Å². The second-order valence-electron chi connectivity index (χ2n) is 12.3. The Morgan fingerprint density at radius 2 is 1.74 bits per heavy atom. The lowest BCUT2D eigenvalue weighted by molar-refractivity contribution is -0.310. The minimum absolute atomic E-state index is 0.180. The van der Waals surface area contributed by atoms with Gasteiger partial charge in [-0.15, -0.1) is 0 Å². The summed E-state index contributed by atoms with van der Waals surface area (Å²) in [5.74, 6) is 0.499. The number of aliphatic hydroxyl groups is 7. The van der Waals surface area contributed by atoms with Crippen molar-refractivity contribution in [1.82, 2.24) is 0 Å². The van der Waals surface area contributed by atoms with Crippen molar-refractivity contribution in [2.45, 2.75) is 102 Å². The molecule has 0 bridgehead atoms. The van der Waals surface area contributed by atoms with Crippen molar-refractivity contribution >= 4 is 0 Å². The molecule has 12 atom stereocenters. The van der Waals surface area contributed by atoms with Crippen molar-refractivity contribution in [1.29, 1.82) is 0 Å². The Morgan fingerprint density at radius 1 is 1.03 bits per heavy atom. The summed E-state index contributed by atoms with van der Waals surface area (Å²) < 4.78 is 11.6. The van der Waals surface area contributed by atoms with Gasteiger partial charge in [-0.25, -0.2) is 0 Å². The van der Waals surface area contributed by atoms with Gasteiger partial charge in [0.2, 0.25) is 0 Å². The van der Waals surface area contributed by atoms with Gasteiger partial charge in [0.25, 0.3) is 0 Å². The van der Waals surface area contributed by atoms with E-state index >= 15 is 0 Å². The van der Waals surface area contributed by atoms with Crippen LogP contribution < -0.4 is 0 Å². The maximum atomic E-state index is 11.0. The third-order valence-electron chi connectivity index (χ3n) is 9.83. The summed E-state index contributed by atoms with van der Waals surface area (Å²) in [6, 6.07) is 0. The topological polar surface area (TPSA) is 160 Å². The molecule has 0 aromatic rings. The van der Waals surface area contributed by atoms with Crippen LogP contribution in [0.5, 0.6) is 0 Å². The van der Waals surface area contributed by atoms with Crippen LogP contribution in [-0.4, -0.2) is 98.5 Å². The fourth-order valence-corrected chi connectivity index (χ4v) is 7.92. The van der Waals surface area contributed by atoms with Crippen LogP contribution in [0.15, 0.2) is 11.6 Å². The molecule has 3 aliphatic carbocycles. The molecule has 0 aromatic carbocycles. The molecule has 1 unspecified atom stereocenters. The summed E-state index contributed by atoms with van der Waals surface area (Å²) in [5.41, 5.74) is 0.256. The van der Waals surface area contributed by atoms with E-state index < -0.39 is 60.4 Å². The van der Waals surface area contributed by atoms with Gasteiger partial charge in [-0.3, -0.25) is 0 Å². The first-order valence-electron chi connectivity index (χ1n) is 13.0. The van der Waals surface area contributed by atoms with Gasteiger partial charge in [0.15, 0.2) is 6.29 Å². The molecule has 202 valence electrons. The Balaban J connectivity index is 1.54. The maximum Gasteiger partial charge on any atom is 0.186 e. The normalized spacial score (nSPS) is 51.2. The largest absolute Gasteiger partial charge is 0.394 e. The molecule has 35 heavy (non-hydrogen) atoms. The number of ether oxygens (including phenoxy) is 2. The second-order valence-corrected chi connectivity index (χ2v) is 12.3. The quantitative estimate of drug-likeness (QED) is 0.251. The maximum absolute atomic E-state index is 11.0. The zero-order chi connectivity index (χ0) is 25.8. The average Bonchev–Trinajstić information content (AvgIpc) is 2.80. The average molecular weight is 501 g/mol. The van der Waals surface area contributed by atoms with Crippen LogP contribution in [0.1, 0.15) is 59.3 Å². The van der Waals surface area contributed by atoms with Gasteiger partial charge in [0.05, 0.1) is 32.0 Å². The molecule has 4 rings (SSSR count). The number of fused-ring (bicyclic) bond motifs is 3. The molecule has 0 spiro atoms. The third-order valence-corrected chi connectivity index (χ3v) is 9.83. The number of rotatable bonds is 6. The van der Waals surface area contributed by atoms with Gasteiger partial charge >= 0.3 is 0 Å². The van der Waals surface area contributed by atoms with Crippen molar-refractivity contribution in [2.75, 3.05) is 19.8 Å². The molecule has 9 heteroatoms. The Bertz CT molecular complexity index is 789. The summed E-state index contributed by atoms with van der Waals surface area (Å²) in [6.45, 7) is 5.76. The molecule has 0 aromatic heterocycles. The fraction of sp³-hybridized carbons (Fsp3) is 0.923. The van der Waals surface area contributed by atoms with E-state index in [0.29, 0.717) is 12.8 Å². The van der Waals surface area contributed by atoms with Crippen LogP contribution in [0.3, 0.4) is 0 Å². The second kappa shape index (κ2) is 9.93. The lowest BCUT2D eigenvalue weighted by Crippen LogP contribution is -2.60. The molecule has 1 aliphatic heterocycles. The highest BCUT2D eigenvalue weighted by molar-refractivity contribution is 5.25. The van der Waals surface area contributed by atoms with Crippen LogP contribution >= 0.6 is 0 Å². The summed E-state index contributed by atoms with van der Waals surface area (Å²) >= 11 is 0. The summed E-state index contributed by atoms with van der Waals surface area (Å²) in [4.78, 5) is 0. The van der Waals surface area contributed by atoms with Crippen molar-refractivity contribution in [3.63, 3.8) is 0 Å². The molecule has 7 N–H and O–H groups in total. The molecule has 0 amide bonds. The molecule has 1 heterocycles. The number of allylic oxidation sites excluding steroid dienone is 1. The highest BCUT2D eigenvalue weighted by Crippen LogP contribution is 2.64. The van der Waals surface area contributed by atoms with Crippen molar-refractivity contribution < 1.29 is 45.2 Å². The third kappa shape index (κ3) is 4.73. The minimum Gasteiger partial charge on any atom is -0.394 e. The number of hydrogen-bond acceptors (Lipinski definition) is 9. The predicted octanol–water partition coefficient (Wildman–Crippen LogP) is 0.0761. The summed E-state index contributed by atoms with van der Waals surface area (Å²) in [5, 5.41) is 71.0. The molecule has 4 aliphatic rings. The molecule has 0 radical (unpaired) electrons. The summed E-state index contributed by atoms with van der Waals surface area (Å²) in [6.07, 6.45) is -1.11. The van der Waals surface area contributed by atoms with E-state index in [0.717, 1.165) is 25.7 Å². The molecular formula is C26H44O9. The van der Waals surface area contributed by atoms with E-state index in [1.807, 2.05) is 6.92 Å². The first kappa shape index (κ1) is 27.4. The Labute approximate surface area is 207 Å². The fourth-order valence-electron chi connectivity index (χ4n) is 7.92. The van der Waals surface area contributed by atoms with E-state index in [2.05, 4.69) is 19.9 Å². The molecule has 2 saturated carbocycles. The SMILES string of the molecule is C[C@@]1(CO[C@@H]2O[C@H](CO)[C@@H](O)[C@H](O)[C@H]2O)C[C@@H](O)C[C@@]2(C)[C@@H]3CC[C@](C)(C(O)CO)C=C3CC[C@H]12. The smallest absolute Gasteiger partial charge is 0.186 e. The van der Waals surface area contributed by atoms with Gasteiger partial charge in [-0.2, -0.15) is 0 Å². The van der Waals surface area contributed by atoms with Crippen LogP contribution in [0.25, 0.3) is 0 Å². The Hall–Kier alpha value is -0.620. The van der Waals surface area contributed by atoms with Crippen molar-refractivity contribution in [3.8, 4) is 0 Å². The molecule has 1 saturated heterocycles. The van der Waals surface area contributed by atoms with Gasteiger partial charge < -0.3 is 45.2 Å². The first-order valence-corrected chi connectivity index (χ1v) is 13.0. The van der Waals surface area contributed by atoms with E-state index in [-0.39, 0.29) is 30.5 Å². The highest BCUT2D eigenvalue weighted by Gasteiger charge is 2.58. The standard InChI is InChI=1S/C26H44O9/c1-24(19(30)12-28)7-6-16-14(8-24)4-5-18-25(2,9-15(29)10-26(16,18)3)13-34-23-22(33)21(32)20(31)17(11-27)35-23/h8,15-23,27-33H,4-7,9-13H2,1-3H3/t15-,16-,17-,18-,19?,20-,21+,22-,23-,24+,25+,26+/m1/s1. The van der Waals surface area contributed by atoms with Gasteiger partial charge in [0, 0.05) is 5.41 Å². The van der Waals surface area contributed by atoms with E-state index in [1.165, 1.54) is 5.57 Å². The monoisotopic (exact) mass is 500 g/mol. The van der Waals surface area contributed by atoms with Crippen LogP contribution in [-0.2, 0) is 9.47 Å². The number of hydrogen-bond donors (Lipinski definition) is 7. The van der Waals surface area contributed by atoms with Crippen LogP contribution in [0.4, 0.5) is 0 Å². The van der Waals surface area contributed by atoms with Crippen molar-refractivity contribution in [2.24, 2.45) is 28.1 Å². The summed E-state index contributed by atoms with van der Waals surface area (Å²) in [7, 11) is 0. The zero-order valence-electron chi connectivity index (χ0n) is 21.1. The molecule has 9 nitrogen and oxygen atoms in total. The Kier molecular flexibility index (Phi) is 7.77. The van der Waals surface area contributed by atoms with Gasteiger partial charge in [-0.05, 0) is 61.2 Å².